The quantitative estimate of drug-likeness (QED) is 0.936. The zero-order chi connectivity index (χ0) is 16.2. The second-order valence-electron chi connectivity index (χ2n) is 6.16. The third-order valence-electron chi connectivity index (χ3n) is 4.01. The summed E-state index contributed by atoms with van der Waals surface area (Å²) in [5.74, 6) is 3.10. The van der Waals surface area contributed by atoms with Gasteiger partial charge in [-0.15, -0.1) is 0 Å². The van der Waals surface area contributed by atoms with Crippen molar-refractivity contribution in [3.8, 4) is 0 Å². The van der Waals surface area contributed by atoms with Crippen LogP contribution in [0, 0.1) is 6.92 Å². The number of rotatable bonds is 4. The summed E-state index contributed by atoms with van der Waals surface area (Å²) in [6.45, 7) is 9.58. The molecule has 3 rings (SSSR count). The number of hydrogen-bond donors (Lipinski definition) is 1. The second kappa shape index (κ2) is 6.96. The summed E-state index contributed by atoms with van der Waals surface area (Å²) in [4.78, 5) is 11.3. The van der Waals surface area contributed by atoms with Crippen LogP contribution in [0.4, 0.5) is 17.3 Å². The molecule has 0 aliphatic carbocycles. The molecule has 1 N–H and O–H groups in total. The first-order chi connectivity index (χ1) is 11.1. The highest BCUT2D eigenvalue weighted by Gasteiger charge is 2.14. The number of nitrogens with one attached hydrogen (secondary N) is 1. The lowest BCUT2D eigenvalue weighted by Crippen LogP contribution is -2.36. The van der Waals surface area contributed by atoms with Crippen molar-refractivity contribution < 1.29 is 4.74 Å². The minimum absolute atomic E-state index is 0.540. The van der Waals surface area contributed by atoms with Gasteiger partial charge in [0.15, 0.2) is 0 Å². The van der Waals surface area contributed by atoms with E-state index in [0.717, 1.165) is 49.5 Å². The molecule has 0 atom stereocenters. The van der Waals surface area contributed by atoms with Crippen LogP contribution in [0.3, 0.4) is 0 Å². The Labute approximate surface area is 137 Å². The van der Waals surface area contributed by atoms with Crippen LogP contribution in [0.1, 0.15) is 31.2 Å². The molecule has 0 saturated carbocycles. The predicted molar refractivity (Wildman–Crippen MR) is 93.6 cm³/mol. The van der Waals surface area contributed by atoms with Crippen molar-refractivity contribution in [1.82, 2.24) is 9.97 Å². The van der Waals surface area contributed by atoms with E-state index in [-0.39, 0.29) is 0 Å². The summed E-state index contributed by atoms with van der Waals surface area (Å²) < 4.78 is 5.41. The van der Waals surface area contributed by atoms with Gasteiger partial charge in [-0.2, -0.15) is 0 Å². The van der Waals surface area contributed by atoms with Gasteiger partial charge in [0, 0.05) is 24.8 Å². The molecule has 0 spiro atoms. The third-order valence-corrected chi connectivity index (χ3v) is 4.01. The molecular formula is C18H24N4O. The Bertz CT molecular complexity index is 649. The highest BCUT2D eigenvalue weighted by atomic mass is 16.5. The average Bonchev–Trinajstić information content (AvgIpc) is 2.55. The van der Waals surface area contributed by atoms with Crippen LogP contribution in [0.15, 0.2) is 30.3 Å². The lowest BCUT2D eigenvalue weighted by Gasteiger charge is -2.28. The van der Waals surface area contributed by atoms with Crippen LogP contribution in [0.2, 0.25) is 0 Å². The van der Waals surface area contributed by atoms with E-state index >= 15 is 0 Å². The van der Waals surface area contributed by atoms with Crippen molar-refractivity contribution in [2.75, 3.05) is 36.5 Å². The fourth-order valence-electron chi connectivity index (χ4n) is 2.67. The molecule has 5 heteroatoms. The number of aromatic nitrogens is 2. The van der Waals surface area contributed by atoms with Gasteiger partial charge < -0.3 is 15.0 Å². The van der Waals surface area contributed by atoms with Crippen molar-refractivity contribution in [2.24, 2.45) is 0 Å². The Morgan fingerprint density at radius 2 is 1.78 bits per heavy atom. The molecule has 5 nitrogen and oxygen atoms in total. The molecule has 1 aliphatic heterocycles. The molecule has 0 amide bonds. The van der Waals surface area contributed by atoms with Gasteiger partial charge in [0.1, 0.15) is 17.5 Å². The van der Waals surface area contributed by atoms with Crippen LogP contribution in [0.25, 0.3) is 0 Å². The molecule has 1 fully saturated rings. The van der Waals surface area contributed by atoms with Crippen molar-refractivity contribution in [1.29, 1.82) is 0 Å². The lowest BCUT2D eigenvalue weighted by molar-refractivity contribution is 0.122. The van der Waals surface area contributed by atoms with Crippen molar-refractivity contribution in [2.45, 2.75) is 26.7 Å². The van der Waals surface area contributed by atoms with E-state index in [4.69, 9.17) is 4.74 Å². The maximum atomic E-state index is 5.41. The zero-order valence-electron chi connectivity index (χ0n) is 14.0. The van der Waals surface area contributed by atoms with Gasteiger partial charge in [0.2, 0.25) is 0 Å². The predicted octanol–water partition coefficient (Wildman–Crippen LogP) is 3.49. The van der Waals surface area contributed by atoms with Crippen LogP contribution in [-0.4, -0.2) is 36.3 Å². The first-order valence-electron chi connectivity index (χ1n) is 8.17. The summed E-state index contributed by atoms with van der Waals surface area (Å²) in [5.41, 5.74) is 2.38. The lowest BCUT2D eigenvalue weighted by atomic mass is 10.0. The van der Waals surface area contributed by atoms with E-state index in [1.165, 1.54) is 5.56 Å². The molecule has 1 aliphatic rings. The molecule has 2 heterocycles. The van der Waals surface area contributed by atoms with Gasteiger partial charge in [0.25, 0.3) is 0 Å². The Morgan fingerprint density at radius 3 is 2.43 bits per heavy atom. The standard InChI is InChI=1S/C18H24N4O/c1-13(2)15-4-6-16(7-5-15)21-17-12-18(20-14(3)19-17)22-8-10-23-11-9-22/h4-7,12-13H,8-11H2,1-3H3,(H,19,20,21). The minimum atomic E-state index is 0.540. The van der Waals surface area contributed by atoms with Gasteiger partial charge in [-0.25, -0.2) is 9.97 Å². The van der Waals surface area contributed by atoms with Crippen LogP contribution in [-0.2, 0) is 4.74 Å². The molecule has 0 radical (unpaired) electrons. The van der Waals surface area contributed by atoms with E-state index in [9.17, 15) is 0 Å². The Hall–Kier alpha value is -2.14. The molecule has 0 bridgehead atoms. The number of aryl methyl sites for hydroxylation is 1. The third kappa shape index (κ3) is 3.99. The van der Waals surface area contributed by atoms with E-state index in [1.807, 2.05) is 13.0 Å². The fourth-order valence-corrected chi connectivity index (χ4v) is 2.67. The maximum absolute atomic E-state index is 5.41. The Kier molecular flexibility index (Phi) is 4.76. The number of benzene rings is 1. The normalized spacial score (nSPS) is 15.0. The zero-order valence-corrected chi connectivity index (χ0v) is 14.0. The van der Waals surface area contributed by atoms with Gasteiger partial charge in [-0.05, 0) is 30.5 Å². The number of nitrogens with zero attached hydrogens (tertiary/aromatic N) is 3. The average molecular weight is 312 g/mol. The monoisotopic (exact) mass is 312 g/mol. The Morgan fingerprint density at radius 1 is 1.09 bits per heavy atom. The first-order valence-corrected chi connectivity index (χ1v) is 8.17. The number of hydrogen-bond acceptors (Lipinski definition) is 5. The van der Waals surface area contributed by atoms with Gasteiger partial charge in [-0.3, -0.25) is 0 Å². The van der Waals surface area contributed by atoms with E-state index in [0.29, 0.717) is 5.92 Å². The van der Waals surface area contributed by atoms with Gasteiger partial charge in [-0.1, -0.05) is 26.0 Å². The van der Waals surface area contributed by atoms with Gasteiger partial charge in [0.05, 0.1) is 13.2 Å². The number of ether oxygens (including phenoxy) is 1. The van der Waals surface area contributed by atoms with Crippen molar-refractivity contribution >= 4 is 17.3 Å². The maximum Gasteiger partial charge on any atom is 0.136 e. The highest BCUT2D eigenvalue weighted by Crippen LogP contribution is 2.22. The number of anilines is 3. The van der Waals surface area contributed by atoms with E-state index in [1.54, 1.807) is 0 Å². The number of morpholine rings is 1. The molecule has 1 aromatic carbocycles. The van der Waals surface area contributed by atoms with Crippen LogP contribution in [0.5, 0.6) is 0 Å². The molecular weight excluding hydrogens is 288 g/mol. The smallest absolute Gasteiger partial charge is 0.136 e. The molecule has 0 unspecified atom stereocenters. The molecule has 1 aromatic heterocycles. The summed E-state index contributed by atoms with van der Waals surface area (Å²) in [5, 5.41) is 3.38. The van der Waals surface area contributed by atoms with Crippen LogP contribution < -0.4 is 10.2 Å². The molecule has 1 saturated heterocycles. The van der Waals surface area contributed by atoms with Gasteiger partial charge >= 0.3 is 0 Å². The summed E-state index contributed by atoms with van der Waals surface area (Å²) in [7, 11) is 0. The summed E-state index contributed by atoms with van der Waals surface area (Å²) in [6, 6.07) is 10.5. The van der Waals surface area contributed by atoms with Crippen LogP contribution >= 0.6 is 0 Å². The van der Waals surface area contributed by atoms with Crippen molar-refractivity contribution in [3.63, 3.8) is 0 Å². The molecule has 2 aromatic rings. The second-order valence-corrected chi connectivity index (χ2v) is 6.16. The Balaban J connectivity index is 1.78. The largest absolute Gasteiger partial charge is 0.378 e. The molecule has 23 heavy (non-hydrogen) atoms. The van der Waals surface area contributed by atoms with E-state index in [2.05, 4.69) is 58.3 Å². The first kappa shape index (κ1) is 15.7. The molecule has 122 valence electrons. The fraction of sp³-hybridized carbons (Fsp3) is 0.444. The topological polar surface area (TPSA) is 50.3 Å². The minimum Gasteiger partial charge on any atom is -0.378 e. The highest BCUT2D eigenvalue weighted by molar-refractivity contribution is 5.60. The van der Waals surface area contributed by atoms with Crippen molar-refractivity contribution in [3.05, 3.63) is 41.7 Å². The summed E-state index contributed by atoms with van der Waals surface area (Å²) >= 11 is 0. The SMILES string of the molecule is Cc1nc(Nc2ccc(C(C)C)cc2)cc(N2CCOCC2)n1. The van der Waals surface area contributed by atoms with E-state index < -0.39 is 0 Å². The summed E-state index contributed by atoms with van der Waals surface area (Å²) in [6.07, 6.45) is 0.